The minimum Gasteiger partial charge on any atom is -0.347 e. The molecule has 1 N–H and O–H groups in total. The van der Waals surface area contributed by atoms with Gasteiger partial charge in [0, 0.05) is 20.3 Å². The van der Waals surface area contributed by atoms with Gasteiger partial charge in [0.15, 0.2) is 0 Å². The summed E-state index contributed by atoms with van der Waals surface area (Å²) in [5.41, 5.74) is 2.43. The number of pyridine rings is 1. The van der Waals surface area contributed by atoms with Crippen LogP contribution in [-0.4, -0.2) is 35.9 Å². The molecule has 0 bridgehead atoms. The second kappa shape index (κ2) is 6.35. The normalized spacial score (nSPS) is 18.9. The molecule has 4 nitrogen and oxygen atoms in total. The molecule has 0 spiro atoms. The highest BCUT2D eigenvalue weighted by Gasteiger charge is 2.29. The van der Waals surface area contributed by atoms with E-state index in [0.29, 0.717) is 5.92 Å². The summed E-state index contributed by atoms with van der Waals surface area (Å²) in [5, 5.41) is 3.53. The fourth-order valence-corrected chi connectivity index (χ4v) is 2.84. The smallest absolute Gasteiger partial charge is 0.239 e. The lowest BCUT2D eigenvalue weighted by Gasteiger charge is -2.26. The molecule has 110 valence electrons. The lowest BCUT2D eigenvalue weighted by Crippen LogP contribution is -2.45. The molecule has 2 unspecified atom stereocenters. The third-order valence-electron chi connectivity index (χ3n) is 3.81. The average Bonchev–Trinajstić information content (AvgIpc) is 2.80. The molecule has 0 saturated heterocycles. The van der Waals surface area contributed by atoms with Crippen LogP contribution in [-0.2, 0) is 11.2 Å². The number of nitrogens with one attached hydrogen (secondary N) is 1. The Kier molecular flexibility index (Phi) is 4.76. The van der Waals surface area contributed by atoms with Crippen molar-refractivity contribution < 1.29 is 4.79 Å². The van der Waals surface area contributed by atoms with Gasteiger partial charge in [-0.15, -0.1) is 0 Å². The Morgan fingerprint density at radius 3 is 2.90 bits per heavy atom. The molecule has 0 aliphatic heterocycles. The van der Waals surface area contributed by atoms with E-state index < -0.39 is 0 Å². The third-order valence-corrected chi connectivity index (χ3v) is 3.81. The summed E-state index contributed by atoms with van der Waals surface area (Å²) in [4.78, 5) is 18.5. The summed E-state index contributed by atoms with van der Waals surface area (Å²) < 4.78 is 0. The molecule has 1 aromatic rings. The predicted octanol–water partition coefficient (Wildman–Crippen LogP) is 2.16. The Balaban J connectivity index is 2.11. The highest BCUT2D eigenvalue weighted by Crippen LogP contribution is 2.29. The first-order valence-corrected chi connectivity index (χ1v) is 7.40. The van der Waals surface area contributed by atoms with Gasteiger partial charge in [0.25, 0.3) is 0 Å². The summed E-state index contributed by atoms with van der Waals surface area (Å²) >= 11 is 0. The Morgan fingerprint density at radius 1 is 1.50 bits per heavy atom. The van der Waals surface area contributed by atoms with Crippen molar-refractivity contribution in [2.45, 2.75) is 45.2 Å². The first-order chi connectivity index (χ1) is 9.49. The van der Waals surface area contributed by atoms with E-state index in [1.54, 1.807) is 4.90 Å². The number of hydrogen-bond donors (Lipinski definition) is 1. The van der Waals surface area contributed by atoms with Crippen molar-refractivity contribution >= 4 is 5.91 Å². The van der Waals surface area contributed by atoms with E-state index in [4.69, 9.17) is 0 Å². The summed E-state index contributed by atoms with van der Waals surface area (Å²) in [5.74, 6) is 0.643. The highest BCUT2D eigenvalue weighted by molar-refractivity contribution is 5.81. The standard InChI is InChI=1S/C16H25N3O/c1-11(2)10-14(16(20)19(3)4)18-13-8-7-12-6-5-9-17-15(12)13/h5-6,9,11,13-14,18H,7-8,10H2,1-4H3. The molecule has 20 heavy (non-hydrogen) atoms. The van der Waals surface area contributed by atoms with Gasteiger partial charge in [-0.3, -0.25) is 15.1 Å². The van der Waals surface area contributed by atoms with E-state index in [1.165, 1.54) is 5.56 Å². The van der Waals surface area contributed by atoms with Gasteiger partial charge in [0.05, 0.1) is 17.8 Å². The molecule has 0 saturated carbocycles. The fraction of sp³-hybridized carbons (Fsp3) is 0.625. The highest BCUT2D eigenvalue weighted by atomic mass is 16.2. The van der Waals surface area contributed by atoms with Gasteiger partial charge in [-0.1, -0.05) is 19.9 Å². The van der Waals surface area contributed by atoms with Gasteiger partial charge in [0.2, 0.25) is 5.91 Å². The number of amides is 1. The zero-order chi connectivity index (χ0) is 14.7. The molecular weight excluding hydrogens is 250 g/mol. The van der Waals surface area contributed by atoms with Crippen LogP contribution in [0.3, 0.4) is 0 Å². The molecule has 1 heterocycles. The van der Waals surface area contributed by atoms with Crippen molar-refractivity contribution in [1.82, 2.24) is 15.2 Å². The van der Waals surface area contributed by atoms with Gasteiger partial charge >= 0.3 is 0 Å². The Bertz CT molecular complexity index is 471. The number of hydrogen-bond acceptors (Lipinski definition) is 3. The van der Waals surface area contributed by atoms with Crippen LogP contribution in [0.4, 0.5) is 0 Å². The molecular formula is C16H25N3O. The van der Waals surface area contributed by atoms with Crippen molar-refractivity contribution in [3.05, 3.63) is 29.6 Å². The quantitative estimate of drug-likeness (QED) is 0.895. The SMILES string of the molecule is CC(C)CC(NC1CCc2cccnc21)C(=O)N(C)C. The van der Waals surface area contributed by atoms with Gasteiger partial charge in [0.1, 0.15) is 0 Å². The zero-order valence-electron chi connectivity index (χ0n) is 12.9. The van der Waals surface area contributed by atoms with E-state index in [9.17, 15) is 4.79 Å². The molecule has 1 aromatic heterocycles. The second-order valence-corrected chi connectivity index (χ2v) is 6.22. The lowest BCUT2D eigenvalue weighted by atomic mass is 10.0. The summed E-state index contributed by atoms with van der Waals surface area (Å²) in [6, 6.07) is 4.20. The monoisotopic (exact) mass is 275 g/mol. The van der Waals surface area contributed by atoms with Gasteiger partial charge < -0.3 is 4.90 Å². The number of likely N-dealkylation sites (N-methyl/N-ethyl adjacent to an activating group) is 1. The van der Waals surface area contributed by atoms with Crippen LogP contribution in [0, 0.1) is 5.92 Å². The Morgan fingerprint density at radius 2 is 2.25 bits per heavy atom. The van der Waals surface area contributed by atoms with Crippen molar-refractivity contribution in [3.63, 3.8) is 0 Å². The molecule has 1 aliphatic rings. The third kappa shape index (κ3) is 3.37. The first kappa shape index (κ1) is 15.0. The summed E-state index contributed by atoms with van der Waals surface area (Å²) in [7, 11) is 3.64. The largest absolute Gasteiger partial charge is 0.347 e. The minimum absolute atomic E-state index is 0.122. The van der Waals surface area contributed by atoms with E-state index in [-0.39, 0.29) is 18.0 Å². The van der Waals surface area contributed by atoms with Crippen LogP contribution in [0.25, 0.3) is 0 Å². The maximum absolute atomic E-state index is 12.3. The number of nitrogens with zero attached hydrogens (tertiary/aromatic N) is 2. The first-order valence-electron chi connectivity index (χ1n) is 7.40. The van der Waals surface area contributed by atoms with Crippen LogP contribution in [0.1, 0.15) is 44.0 Å². The summed E-state index contributed by atoms with van der Waals surface area (Å²) in [6.45, 7) is 4.30. The van der Waals surface area contributed by atoms with E-state index >= 15 is 0 Å². The molecule has 4 heteroatoms. The zero-order valence-corrected chi connectivity index (χ0v) is 12.9. The molecule has 1 aliphatic carbocycles. The fourth-order valence-electron chi connectivity index (χ4n) is 2.84. The lowest BCUT2D eigenvalue weighted by molar-refractivity contribution is -0.131. The Labute approximate surface area is 121 Å². The van der Waals surface area contributed by atoms with Crippen molar-refractivity contribution in [3.8, 4) is 0 Å². The molecule has 0 fully saturated rings. The molecule has 0 radical (unpaired) electrons. The van der Waals surface area contributed by atoms with Crippen LogP contribution in [0.5, 0.6) is 0 Å². The van der Waals surface area contributed by atoms with Crippen molar-refractivity contribution in [2.75, 3.05) is 14.1 Å². The van der Waals surface area contributed by atoms with E-state index in [0.717, 1.165) is 25.0 Å². The van der Waals surface area contributed by atoms with Crippen molar-refractivity contribution in [2.24, 2.45) is 5.92 Å². The predicted molar refractivity (Wildman–Crippen MR) is 80.4 cm³/mol. The number of fused-ring (bicyclic) bond motifs is 1. The van der Waals surface area contributed by atoms with Crippen LogP contribution >= 0.6 is 0 Å². The van der Waals surface area contributed by atoms with Crippen LogP contribution in [0.15, 0.2) is 18.3 Å². The van der Waals surface area contributed by atoms with Crippen LogP contribution in [0.2, 0.25) is 0 Å². The number of carbonyl (C=O) groups excluding carboxylic acids is 1. The number of aryl methyl sites for hydroxylation is 1. The topological polar surface area (TPSA) is 45.2 Å². The molecule has 0 aromatic carbocycles. The second-order valence-electron chi connectivity index (χ2n) is 6.22. The summed E-state index contributed by atoms with van der Waals surface area (Å²) in [6.07, 6.45) is 4.77. The van der Waals surface area contributed by atoms with Gasteiger partial charge in [-0.2, -0.15) is 0 Å². The molecule has 2 atom stereocenters. The maximum atomic E-state index is 12.3. The average molecular weight is 275 g/mol. The maximum Gasteiger partial charge on any atom is 0.239 e. The van der Waals surface area contributed by atoms with Gasteiger partial charge in [-0.25, -0.2) is 0 Å². The van der Waals surface area contributed by atoms with E-state index in [2.05, 4.69) is 30.2 Å². The van der Waals surface area contributed by atoms with Gasteiger partial charge in [-0.05, 0) is 36.8 Å². The van der Waals surface area contributed by atoms with E-state index in [1.807, 2.05) is 26.4 Å². The molecule has 1 amide bonds. The van der Waals surface area contributed by atoms with Crippen LogP contribution < -0.4 is 5.32 Å². The Hall–Kier alpha value is -1.42. The number of rotatable bonds is 5. The molecule has 2 rings (SSSR count). The van der Waals surface area contributed by atoms with Crippen molar-refractivity contribution in [1.29, 1.82) is 0 Å². The minimum atomic E-state index is -0.122. The number of carbonyl (C=O) groups is 1. The number of aromatic nitrogens is 1.